The summed E-state index contributed by atoms with van der Waals surface area (Å²) in [7, 11) is 3.50. The highest BCUT2D eigenvalue weighted by Crippen LogP contribution is 2.08. The summed E-state index contributed by atoms with van der Waals surface area (Å²) in [5, 5.41) is 6.55. The smallest absolute Gasteiger partial charge is 0.253 e. The first-order valence-electron chi connectivity index (χ1n) is 8.74. The van der Waals surface area contributed by atoms with Gasteiger partial charge in [-0.05, 0) is 43.2 Å². The van der Waals surface area contributed by atoms with E-state index in [1.165, 1.54) is 0 Å². The van der Waals surface area contributed by atoms with Crippen molar-refractivity contribution in [2.45, 2.75) is 26.9 Å². The number of aromatic nitrogens is 1. The number of pyridine rings is 1. The molecule has 0 atom stereocenters. The molecule has 1 aromatic carbocycles. The summed E-state index contributed by atoms with van der Waals surface area (Å²) >= 11 is 0. The third kappa shape index (κ3) is 7.16. The molecule has 0 radical (unpaired) electrons. The van der Waals surface area contributed by atoms with Crippen molar-refractivity contribution in [3.63, 3.8) is 0 Å². The number of benzene rings is 1. The number of rotatable bonds is 6. The van der Waals surface area contributed by atoms with Gasteiger partial charge in [-0.25, -0.2) is 4.99 Å². The second-order valence-electron chi connectivity index (χ2n) is 6.21. The zero-order valence-corrected chi connectivity index (χ0v) is 18.7. The first-order valence-corrected chi connectivity index (χ1v) is 8.74. The van der Waals surface area contributed by atoms with E-state index in [2.05, 4.69) is 20.6 Å². The largest absolute Gasteiger partial charge is 0.357 e. The van der Waals surface area contributed by atoms with Gasteiger partial charge in [-0.2, -0.15) is 0 Å². The van der Waals surface area contributed by atoms with Crippen LogP contribution in [-0.4, -0.2) is 42.4 Å². The average Bonchev–Trinajstić information content (AvgIpc) is 2.65. The van der Waals surface area contributed by atoms with Crippen molar-refractivity contribution in [1.82, 2.24) is 20.5 Å². The van der Waals surface area contributed by atoms with Crippen LogP contribution in [0.25, 0.3) is 0 Å². The van der Waals surface area contributed by atoms with Crippen molar-refractivity contribution < 1.29 is 4.79 Å². The first kappa shape index (κ1) is 22.9. The minimum absolute atomic E-state index is 0. The SMILES string of the molecule is CCNC(=NCc1ccc(C(=O)N(C)C)cc1)NCc1ncccc1C.I. The number of halogens is 1. The van der Waals surface area contributed by atoms with E-state index >= 15 is 0 Å². The molecule has 1 amide bonds. The predicted molar refractivity (Wildman–Crippen MR) is 121 cm³/mol. The molecule has 0 fully saturated rings. The molecule has 1 heterocycles. The van der Waals surface area contributed by atoms with E-state index in [-0.39, 0.29) is 29.9 Å². The van der Waals surface area contributed by atoms with Gasteiger partial charge >= 0.3 is 0 Å². The van der Waals surface area contributed by atoms with E-state index in [4.69, 9.17) is 0 Å². The van der Waals surface area contributed by atoms with Gasteiger partial charge in [0.15, 0.2) is 5.96 Å². The number of carbonyl (C=O) groups excluding carboxylic acids is 1. The lowest BCUT2D eigenvalue weighted by Crippen LogP contribution is -2.37. The molecular formula is C20H28IN5O. The number of aryl methyl sites for hydroxylation is 1. The molecule has 0 saturated carbocycles. The van der Waals surface area contributed by atoms with E-state index in [0.717, 1.165) is 29.3 Å². The van der Waals surface area contributed by atoms with Crippen molar-refractivity contribution in [2.75, 3.05) is 20.6 Å². The number of nitrogens with zero attached hydrogens (tertiary/aromatic N) is 3. The average molecular weight is 481 g/mol. The summed E-state index contributed by atoms with van der Waals surface area (Å²) in [6.07, 6.45) is 1.80. The Hall–Kier alpha value is -2.16. The summed E-state index contributed by atoms with van der Waals surface area (Å²) in [4.78, 5) is 22.5. The van der Waals surface area contributed by atoms with Crippen LogP contribution in [0.5, 0.6) is 0 Å². The lowest BCUT2D eigenvalue weighted by molar-refractivity contribution is 0.0827. The molecular weight excluding hydrogens is 453 g/mol. The van der Waals surface area contributed by atoms with Crippen molar-refractivity contribution in [1.29, 1.82) is 0 Å². The van der Waals surface area contributed by atoms with Gasteiger partial charge in [-0.15, -0.1) is 24.0 Å². The summed E-state index contributed by atoms with van der Waals surface area (Å²) in [5.74, 6) is 0.742. The molecule has 146 valence electrons. The van der Waals surface area contributed by atoms with Crippen molar-refractivity contribution in [3.8, 4) is 0 Å². The number of amides is 1. The molecule has 0 bridgehead atoms. The Morgan fingerprint density at radius 2 is 1.85 bits per heavy atom. The molecule has 2 rings (SSSR count). The van der Waals surface area contributed by atoms with Gasteiger partial charge in [0.25, 0.3) is 5.91 Å². The van der Waals surface area contributed by atoms with Crippen LogP contribution in [-0.2, 0) is 13.1 Å². The monoisotopic (exact) mass is 481 g/mol. The van der Waals surface area contributed by atoms with Crippen molar-refractivity contribution in [3.05, 3.63) is 65.0 Å². The Morgan fingerprint density at radius 1 is 1.15 bits per heavy atom. The zero-order valence-electron chi connectivity index (χ0n) is 16.3. The van der Waals surface area contributed by atoms with E-state index in [1.807, 2.05) is 50.2 Å². The van der Waals surface area contributed by atoms with E-state index in [1.54, 1.807) is 25.2 Å². The Labute approximate surface area is 178 Å². The van der Waals surface area contributed by atoms with Crippen molar-refractivity contribution >= 4 is 35.8 Å². The van der Waals surface area contributed by atoms with Crippen molar-refractivity contribution in [2.24, 2.45) is 4.99 Å². The van der Waals surface area contributed by atoms with E-state index in [9.17, 15) is 4.79 Å². The van der Waals surface area contributed by atoms with E-state index in [0.29, 0.717) is 18.7 Å². The fraction of sp³-hybridized carbons (Fsp3) is 0.350. The van der Waals surface area contributed by atoms with Gasteiger partial charge in [0.05, 0.1) is 18.8 Å². The Morgan fingerprint density at radius 3 is 2.44 bits per heavy atom. The molecule has 0 unspecified atom stereocenters. The number of guanidine groups is 1. The lowest BCUT2D eigenvalue weighted by Gasteiger charge is -2.12. The molecule has 2 aromatic rings. The lowest BCUT2D eigenvalue weighted by atomic mass is 10.1. The minimum atomic E-state index is 0. The molecule has 0 aliphatic rings. The second-order valence-corrected chi connectivity index (χ2v) is 6.21. The third-order valence-electron chi connectivity index (χ3n) is 3.91. The molecule has 0 aliphatic carbocycles. The van der Waals surface area contributed by atoms with Gasteiger partial charge in [0.2, 0.25) is 0 Å². The van der Waals surface area contributed by atoms with Gasteiger partial charge in [-0.3, -0.25) is 9.78 Å². The molecule has 27 heavy (non-hydrogen) atoms. The maximum absolute atomic E-state index is 11.9. The quantitative estimate of drug-likeness (QED) is 0.378. The highest BCUT2D eigenvalue weighted by molar-refractivity contribution is 14.0. The Balaban J connectivity index is 0.00000364. The molecule has 0 saturated heterocycles. The van der Waals surface area contributed by atoms with Crippen LogP contribution in [0.3, 0.4) is 0 Å². The number of aliphatic imine (C=N–C) groups is 1. The predicted octanol–water partition coefficient (Wildman–Crippen LogP) is 2.97. The van der Waals surface area contributed by atoms with Crippen LogP contribution in [0.1, 0.15) is 34.1 Å². The number of hydrogen-bond donors (Lipinski definition) is 2. The Kier molecular flexibility index (Phi) is 9.77. The molecule has 0 aliphatic heterocycles. The fourth-order valence-electron chi connectivity index (χ4n) is 2.39. The second kappa shape index (κ2) is 11.5. The van der Waals surface area contributed by atoms with Gasteiger partial charge < -0.3 is 15.5 Å². The van der Waals surface area contributed by atoms with Gasteiger partial charge in [0, 0.05) is 32.4 Å². The van der Waals surface area contributed by atoms with Crippen LogP contribution in [0.2, 0.25) is 0 Å². The van der Waals surface area contributed by atoms with Crippen LogP contribution in [0.15, 0.2) is 47.6 Å². The molecule has 7 heteroatoms. The summed E-state index contributed by atoms with van der Waals surface area (Å²) in [6, 6.07) is 11.5. The number of hydrogen-bond acceptors (Lipinski definition) is 3. The summed E-state index contributed by atoms with van der Waals surface area (Å²) < 4.78 is 0. The highest BCUT2D eigenvalue weighted by Gasteiger charge is 2.07. The van der Waals surface area contributed by atoms with Gasteiger partial charge in [0.1, 0.15) is 0 Å². The minimum Gasteiger partial charge on any atom is -0.357 e. The first-order chi connectivity index (χ1) is 12.5. The Bertz CT molecular complexity index is 759. The zero-order chi connectivity index (χ0) is 18.9. The molecule has 6 nitrogen and oxygen atoms in total. The molecule has 0 spiro atoms. The van der Waals surface area contributed by atoms with Gasteiger partial charge in [-0.1, -0.05) is 18.2 Å². The van der Waals surface area contributed by atoms with Crippen LogP contribution >= 0.6 is 24.0 Å². The normalized spacial score (nSPS) is 10.7. The molecule has 2 N–H and O–H groups in total. The third-order valence-corrected chi connectivity index (χ3v) is 3.91. The number of carbonyl (C=O) groups is 1. The van der Waals surface area contributed by atoms with Crippen LogP contribution in [0, 0.1) is 6.92 Å². The topological polar surface area (TPSA) is 69.6 Å². The molecule has 1 aromatic heterocycles. The van der Waals surface area contributed by atoms with Crippen LogP contribution in [0.4, 0.5) is 0 Å². The maximum atomic E-state index is 11.9. The van der Waals surface area contributed by atoms with Crippen LogP contribution < -0.4 is 10.6 Å². The number of nitrogens with one attached hydrogen (secondary N) is 2. The maximum Gasteiger partial charge on any atom is 0.253 e. The summed E-state index contributed by atoms with van der Waals surface area (Å²) in [5.41, 5.74) is 3.88. The van der Waals surface area contributed by atoms with E-state index < -0.39 is 0 Å². The fourth-order valence-corrected chi connectivity index (χ4v) is 2.39. The standard InChI is InChI=1S/C20H27N5O.HI/c1-5-21-20(24-14-18-15(2)7-6-12-22-18)23-13-16-8-10-17(11-9-16)19(26)25(3)4;/h6-12H,5,13-14H2,1-4H3,(H2,21,23,24);1H. The summed E-state index contributed by atoms with van der Waals surface area (Å²) in [6.45, 7) is 6.01. The highest BCUT2D eigenvalue weighted by atomic mass is 127.